The minimum atomic E-state index is -0.472. The smallest absolute Gasteiger partial charge is 0.141 e. The third-order valence-electron chi connectivity index (χ3n) is 2.68. The third-order valence-corrected chi connectivity index (χ3v) is 2.68. The monoisotopic (exact) mass is 220 g/mol. The molecule has 1 fully saturated rings. The van der Waals surface area contributed by atoms with E-state index in [2.05, 4.69) is 5.32 Å². The van der Waals surface area contributed by atoms with E-state index in [1.54, 1.807) is 12.1 Å². The lowest BCUT2D eigenvalue weighted by molar-refractivity contribution is 0.0904. The standard InChI is InChI=1S/C12H13FN2O/c13-12-2-1-11(7-9(12)8-14)15-10-3-5-16-6-4-10/h1-2,7,10,15H,3-6H2. The minimum Gasteiger partial charge on any atom is -0.382 e. The lowest BCUT2D eigenvalue weighted by atomic mass is 10.1. The largest absolute Gasteiger partial charge is 0.382 e. The maximum absolute atomic E-state index is 13.1. The highest BCUT2D eigenvalue weighted by Crippen LogP contribution is 2.18. The Bertz CT molecular complexity index is 408. The summed E-state index contributed by atoms with van der Waals surface area (Å²) >= 11 is 0. The first kappa shape index (κ1) is 10.9. The highest BCUT2D eigenvalue weighted by molar-refractivity contribution is 5.50. The van der Waals surface area contributed by atoms with Crippen LogP contribution in [-0.2, 0) is 4.74 Å². The number of hydrogen-bond donors (Lipinski definition) is 1. The Morgan fingerprint density at radius 3 is 2.81 bits per heavy atom. The molecule has 0 aliphatic carbocycles. The predicted octanol–water partition coefficient (Wildman–Crippen LogP) is 2.29. The van der Waals surface area contributed by atoms with E-state index in [1.807, 2.05) is 6.07 Å². The Morgan fingerprint density at radius 2 is 2.12 bits per heavy atom. The summed E-state index contributed by atoms with van der Waals surface area (Å²) in [5.41, 5.74) is 0.877. The normalized spacial score (nSPS) is 16.8. The number of halogens is 1. The molecular formula is C12H13FN2O. The molecule has 1 heterocycles. The first-order valence-electron chi connectivity index (χ1n) is 5.33. The molecule has 0 bridgehead atoms. The lowest BCUT2D eigenvalue weighted by Crippen LogP contribution is -2.27. The molecule has 1 N–H and O–H groups in total. The van der Waals surface area contributed by atoms with Crippen LogP contribution in [0, 0.1) is 17.1 Å². The van der Waals surface area contributed by atoms with Gasteiger partial charge in [0.05, 0.1) is 5.56 Å². The molecule has 1 aromatic carbocycles. The van der Waals surface area contributed by atoms with E-state index in [4.69, 9.17) is 10.00 Å². The van der Waals surface area contributed by atoms with Crippen LogP contribution >= 0.6 is 0 Å². The quantitative estimate of drug-likeness (QED) is 0.831. The van der Waals surface area contributed by atoms with Gasteiger partial charge in [-0.25, -0.2) is 4.39 Å². The lowest BCUT2D eigenvalue weighted by Gasteiger charge is -2.24. The molecule has 84 valence electrons. The van der Waals surface area contributed by atoms with Crippen LogP contribution in [0.25, 0.3) is 0 Å². The van der Waals surface area contributed by atoms with Crippen molar-refractivity contribution in [3.8, 4) is 6.07 Å². The zero-order valence-corrected chi connectivity index (χ0v) is 8.87. The van der Waals surface area contributed by atoms with Gasteiger partial charge in [0.2, 0.25) is 0 Å². The van der Waals surface area contributed by atoms with Gasteiger partial charge in [-0.2, -0.15) is 5.26 Å². The van der Waals surface area contributed by atoms with Crippen molar-refractivity contribution in [3.05, 3.63) is 29.6 Å². The summed E-state index contributed by atoms with van der Waals surface area (Å²) in [6.07, 6.45) is 1.89. The van der Waals surface area contributed by atoms with Crippen molar-refractivity contribution in [2.45, 2.75) is 18.9 Å². The fourth-order valence-corrected chi connectivity index (χ4v) is 1.78. The Labute approximate surface area is 93.8 Å². The summed E-state index contributed by atoms with van der Waals surface area (Å²) in [5, 5.41) is 12.0. The number of nitriles is 1. The van der Waals surface area contributed by atoms with Gasteiger partial charge < -0.3 is 10.1 Å². The molecule has 1 aliphatic rings. The van der Waals surface area contributed by atoms with Gasteiger partial charge in [0, 0.05) is 24.9 Å². The Kier molecular flexibility index (Phi) is 3.37. The molecule has 2 rings (SSSR count). The molecular weight excluding hydrogens is 207 g/mol. The molecule has 4 heteroatoms. The summed E-state index contributed by atoms with van der Waals surface area (Å²) in [5.74, 6) is -0.472. The minimum absolute atomic E-state index is 0.0806. The highest BCUT2D eigenvalue weighted by Gasteiger charge is 2.13. The van der Waals surface area contributed by atoms with Crippen molar-refractivity contribution < 1.29 is 9.13 Å². The van der Waals surface area contributed by atoms with Crippen molar-refractivity contribution in [1.29, 1.82) is 5.26 Å². The Hall–Kier alpha value is -1.60. The average molecular weight is 220 g/mol. The zero-order valence-electron chi connectivity index (χ0n) is 8.87. The van der Waals surface area contributed by atoms with Crippen LogP contribution in [0.4, 0.5) is 10.1 Å². The van der Waals surface area contributed by atoms with Crippen LogP contribution in [0.3, 0.4) is 0 Å². The molecule has 1 aromatic rings. The topological polar surface area (TPSA) is 45.0 Å². The van der Waals surface area contributed by atoms with Crippen molar-refractivity contribution in [3.63, 3.8) is 0 Å². The van der Waals surface area contributed by atoms with Crippen LogP contribution in [-0.4, -0.2) is 19.3 Å². The van der Waals surface area contributed by atoms with E-state index >= 15 is 0 Å². The Morgan fingerprint density at radius 1 is 1.38 bits per heavy atom. The van der Waals surface area contributed by atoms with E-state index in [0.717, 1.165) is 31.7 Å². The van der Waals surface area contributed by atoms with E-state index in [0.29, 0.717) is 6.04 Å². The number of benzene rings is 1. The maximum Gasteiger partial charge on any atom is 0.141 e. The second kappa shape index (κ2) is 4.95. The summed E-state index contributed by atoms with van der Waals surface area (Å²) in [7, 11) is 0. The van der Waals surface area contributed by atoms with E-state index < -0.39 is 5.82 Å². The van der Waals surface area contributed by atoms with Gasteiger partial charge in [0.15, 0.2) is 0 Å². The Balaban J connectivity index is 2.06. The van der Waals surface area contributed by atoms with Crippen molar-refractivity contribution in [2.75, 3.05) is 18.5 Å². The maximum atomic E-state index is 13.1. The molecule has 0 unspecified atom stereocenters. The van der Waals surface area contributed by atoms with Crippen LogP contribution in [0.1, 0.15) is 18.4 Å². The average Bonchev–Trinajstić information content (AvgIpc) is 2.33. The zero-order chi connectivity index (χ0) is 11.4. The van der Waals surface area contributed by atoms with Gasteiger partial charge in [-0.1, -0.05) is 0 Å². The van der Waals surface area contributed by atoms with Gasteiger partial charge in [-0.15, -0.1) is 0 Å². The molecule has 0 spiro atoms. The molecule has 16 heavy (non-hydrogen) atoms. The highest BCUT2D eigenvalue weighted by atomic mass is 19.1. The van der Waals surface area contributed by atoms with Crippen molar-refractivity contribution in [1.82, 2.24) is 0 Å². The molecule has 0 amide bonds. The number of nitrogens with one attached hydrogen (secondary N) is 1. The molecule has 0 atom stereocenters. The molecule has 0 aromatic heterocycles. The van der Waals surface area contributed by atoms with Gasteiger partial charge in [-0.05, 0) is 31.0 Å². The molecule has 3 nitrogen and oxygen atoms in total. The SMILES string of the molecule is N#Cc1cc(NC2CCOCC2)ccc1F. The first-order valence-corrected chi connectivity index (χ1v) is 5.33. The van der Waals surface area contributed by atoms with Crippen molar-refractivity contribution >= 4 is 5.69 Å². The second-order valence-corrected chi connectivity index (χ2v) is 3.84. The summed E-state index contributed by atoms with van der Waals surface area (Å²) < 4.78 is 18.3. The number of anilines is 1. The number of hydrogen-bond acceptors (Lipinski definition) is 3. The van der Waals surface area contributed by atoms with E-state index in [9.17, 15) is 4.39 Å². The van der Waals surface area contributed by atoms with Crippen LogP contribution in [0.2, 0.25) is 0 Å². The molecule has 0 radical (unpaired) electrons. The van der Waals surface area contributed by atoms with Gasteiger partial charge >= 0.3 is 0 Å². The molecule has 1 saturated heterocycles. The summed E-state index contributed by atoms with van der Waals surface area (Å²) in [4.78, 5) is 0. The van der Waals surface area contributed by atoms with Crippen LogP contribution in [0.15, 0.2) is 18.2 Å². The van der Waals surface area contributed by atoms with E-state index in [-0.39, 0.29) is 5.56 Å². The second-order valence-electron chi connectivity index (χ2n) is 3.84. The van der Waals surface area contributed by atoms with Gasteiger partial charge in [0.25, 0.3) is 0 Å². The molecule has 0 saturated carbocycles. The van der Waals surface area contributed by atoms with Gasteiger partial charge in [-0.3, -0.25) is 0 Å². The number of ether oxygens (including phenoxy) is 1. The summed E-state index contributed by atoms with van der Waals surface area (Å²) in [6.45, 7) is 1.51. The summed E-state index contributed by atoms with van der Waals surface area (Å²) in [6, 6.07) is 6.71. The van der Waals surface area contributed by atoms with Crippen LogP contribution < -0.4 is 5.32 Å². The van der Waals surface area contributed by atoms with E-state index in [1.165, 1.54) is 6.07 Å². The number of nitrogens with zero attached hydrogens (tertiary/aromatic N) is 1. The van der Waals surface area contributed by atoms with Crippen LogP contribution in [0.5, 0.6) is 0 Å². The third kappa shape index (κ3) is 2.50. The molecule has 1 aliphatic heterocycles. The fourth-order valence-electron chi connectivity index (χ4n) is 1.78. The predicted molar refractivity (Wildman–Crippen MR) is 58.6 cm³/mol. The first-order chi connectivity index (χ1) is 7.79. The number of rotatable bonds is 2. The fraction of sp³-hybridized carbons (Fsp3) is 0.417. The van der Waals surface area contributed by atoms with Crippen molar-refractivity contribution in [2.24, 2.45) is 0 Å². The van der Waals surface area contributed by atoms with Gasteiger partial charge in [0.1, 0.15) is 11.9 Å².